The van der Waals surface area contributed by atoms with Gasteiger partial charge in [-0.1, -0.05) is 0 Å². The predicted octanol–water partition coefficient (Wildman–Crippen LogP) is 0.707. The fraction of sp³-hybridized carbons (Fsp3) is 0.375. The van der Waals surface area contributed by atoms with Crippen molar-refractivity contribution in [3.05, 3.63) is 12.4 Å². The summed E-state index contributed by atoms with van der Waals surface area (Å²) in [6.07, 6.45) is 4.89. The van der Waals surface area contributed by atoms with E-state index in [-0.39, 0.29) is 0 Å². The van der Waals surface area contributed by atoms with Crippen LogP contribution < -0.4 is 4.74 Å². The van der Waals surface area contributed by atoms with Crippen molar-refractivity contribution in [1.29, 1.82) is 0 Å². The molecular weight excluding hydrogens is 168 g/mol. The number of nitrogens with zero attached hydrogens (tertiary/aromatic N) is 4. The Morgan fingerprint density at radius 2 is 2.00 bits per heavy atom. The molecule has 0 aliphatic rings. The van der Waals surface area contributed by atoms with E-state index in [0.29, 0.717) is 11.7 Å². The number of aliphatic imine (C=N–C) groups is 1. The van der Waals surface area contributed by atoms with E-state index in [1.807, 2.05) is 19.0 Å². The maximum absolute atomic E-state index is 4.81. The van der Waals surface area contributed by atoms with Gasteiger partial charge in [0.2, 0.25) is 0 Å². The van der Waals surface area contributed by atoms with Crippen LogP contribution in [0.15, 0.2) is 17.4 Å². The lowest BCUT2D eigenvalue weighted by molar-refractivity contribution is 0.380. The van der Waals surface area contributed by atoms with Gasteiger partial charge in [-0.25, -0.2) is 15.0 Å². The molecule has 1 rings (SSSR count). The molecular formula is C8H12N4O. The number of aromatic nitrogens is 2. The van der Waals surface area contributed by atoms with Gasteiger partial charge in [0.1, 0.15) is 5.69 Å². The fourth-order valence-corrected chi connectivity index (χ4v) is 0.664. The zero-order chi connectivity index (χ0) is 9.68. The van der Waals surface area contributed by atoms with Crippen LogP contribution in [0.5, 0.6) is 6.01 Å². The second-order valence-electron chi connectivity index (χ2n) is 2.64. The third-order valence-electron chi connectivity index (χ3n) is 1.23. The van der Waals surface area contributed by atoms with Crippen LogP contribution in [0.3, 0.4) is 0 Å². The number of hydrogen-bond donors (Lipinski definition) is 0. The SMILES string of the molecule is COc1ncc(N=CN(C)C)cn1. The Morgan fingerprint density at radius 1 is 1.38 bits per heavy atom. The lowest BCUT2D eigenvalue weighted by Crippen LogP contribution is -2.07. The molecule has 0 unspecified atom stereocenters. The van der Waals surface area contributed by atoms with Crippen LogP contribution in [0.4, 0.5) is 5.69 Å². The highest BCUT2D eigenvalue weighted by atomic mass is 16.5. The summed E-state index contributed by atoms with van der Waals surface area (Å²) in [5, 5.41) is 0. The van der Waals surface area contributed by atoms with Crippen LogP contribution in [-0.4, -0.2) is 42.4 Å². The average molecular weight is 180 g/mol. The van der Waals surface area contributed by atoms with Crippen molar-refractivity contribution in [3.63, 3.8) is 0 Å². The molecule has 0 bridgehead atoms. The van der Waals surface area contributed by atoms with E-state index in [2.05, 4.69) is 15.0 Å². The third kappa shape index (κ3) is 3.06. The zero-order valence-corrected chi connectivity index (χ0v) is 7.93. The highest BCUT2D eigenvalue weighted by molar-refractivity contribution is 5.59. The molecule has 5 nitrogen and oxygen atoms in total. The molecule has 0 aliphatic heterocycles. The molecule has 0 atom stereocenters. The Kier molecular flexibility index (Phi) is 3.19. The normalized spacial score (nSPS) is 10.4. The van der Waals surface area contributed by atoms with E-state index >= 15 is 0 Å². The van der Waals surface area contributed by atoms with Crippen LogP contribution in [0.1, 0.15) is 0 Å². The minimum absolute atomic E-state index is 0.351. The van der Waals surface area contributed by atoms with Gasteiger partial charge < -0.3 is 9.64 Å². The molecule has 0 fully saturated rings. The Bertz CT molecular complexity index is 281. The van der Waals surface area contributed by atoms with Crippen LogP contribution in [0.2, 0.25) is 0 Å². The Hall–Kier alpha value is -1.65. The van der Waals surface area contributed by atoms with Gasteiger partial charge in [0.15, 0.2) is 0 Å². The summed E-state index contributed by atoms with van der Waals surface area (Å²) in [7, 11) is 5.32. The van der Waals surface area contributed by atoms with Gasteiger partial charge in [0, 0.05) is 14.1 Å². The van der Waals surface area contributed by atoms with Crippen molar-refractivity contribution < 1.29 is 4.74 Å². The summed E-state index contributed by atoms with van der Waals surface area (Å²) in [5.41, 5.74) is 0.703. The summed E-state index contributed by atoms with van der Waals surface area (Å²) in [5.74, 6) is 0. The Labute approximate surface area is 77.1 Å². The number of rotatable bonds is 3. The third-order valence-corrected chi connectivity index (χ3v) is 1.23. The van der Waals surface area contributed by atoms with Gasteiger partial charge >= 0.3 is 6.01 Å². The molecule has 5 heteroatoms. The molecule has 70 valence electrons. The van der Waals surface area contributed by atoms with E-state index in [1.54, 1.807) is 18.7 Å². The first kappa shape index (κ1) is 9.44. The van der Waals surface area contributed by atoms with E-state index in [0.717, 1.165) is 0 Å². The molecule has 0 radical (unpaired) electrons. The van der Waals surface area contributed by atoms with E-state index < -0.39 is 0 Å². The quantitative estimate of drug-likeness (QED) is 0.507. The minimum atomic E-state index is 0.351. The predicted molar refractivity (Wildman–Crippen MR) is 50.4 cm³/mol. The van der Waals surface area contributed by atoms with Crippen LogP contribution in [-0.2, 0) is 0 Å². The fourth-order valence-electron chi connectivity index (χ4n) is 0.664. The second-order valence-corrected chi connectivity index (χ2v) is 2.64. The first-order valence-corrected chi connectivity index (χ1v) is 3.79. The van der Waals surface area contributed by atoms with Crippen molar-refractivity contribution in [2.75, 3.05) is 21.2 Å². The van der Waals surface area contributed by atoms with Crippen LogP contribution >= 0.6 is 0 Å². The van der Waals surface area contributed by atoms with Crippen molar-refractivity contribution in [3.8, 4) is 6.01 Å². The minimum Gasteiger partial charge on any atom is -0.467 e. The van der Waals surface area contributed by atoms with E-state index in [9.17, 15) is 0 Å². The topological polar surface area (TPSA) is 50.6 Å². The molecule has 0 saturated carbocycles. The van der Waals surface area contributed by atoms with Crippen molar-refractivity contribution in [2.45, 2.75) is 0 Å². The lowest BCUT2D eigenvalue weighted by Gasteiger charge is -2.01. The molecule has 0 amide bonds. The maximum Gasteiger partial charge on any atom is 0.316 e. The van der Waals surface area contributed by atoms with E-state index in [4.69, 9.17) is 4.74 Å². The number of ether oxygens (including phenoxy) is 1. The molecule has 1 aromatic rings. The number of hydrogen-bond acceptors (Lipinski definition) is 4. The highest BCUT2D eigenvalue weighted by Gasteiger charge is 1.93. The monoisotopic (exact) mass is 180 g/mol. The summed E-state index contributed by atoms with van der Waals surface area (Å²) >= 11 is 0. The molecule has 0 N–H and O–H groups in total. The molecule has 13 heavy (non-hydrogen) atoms. The molecule has 0 spiro atoms. The molecule has 0 aliphatic carbocycles. The maximum atomic E-state index is 4.81. The van der Waals surface area contributed by atoms with Crippen LogP contribution in [0.25, 0.3) is 0 Å². The average Bonchev–Trinajstić information content (AvgIpc) is 2.15. The first-order valence-electron chi connectivity index (χ1n) is 3.79. The van der Waals surface area contributed by atoms with Crippen LogP contribution in [0, 0.1) is 0 Å². The second kappa shape index (κ2) is 4.39. The van der Waals surface area contributed by atoms with Gasteiger partial charge in [-0.3, -0.25) is 0 Å². The van der Waals surface area contributed by atoms with E-state index in [1.165, 1.54) is 7.11 Å². The number of methoxy groups -OCH3 is 1. The largest absolute Gasteiger partial charge is 0.467 e. The van der Waals surface area contributed by atoms with Gasteiger partial charge in [-0.2, -0.15) is 0 Å². The van der Waals surface area contributed by atoms with Crippen molar-refractivity contribution in [2.24, 2.45) is 4.99 Å². The summed E-state index contributed by atoms with van der Waals surface area (Å²) in [4.78, 5) is 13.8. The Balaban J connectivity index is 2.69. The summed E-state index contributed by atoms with van der Waals surface area (Å²) in [6.45, 7) is 0. The van der Waals surface area contributed by atoms with Gasteiger partial charge in [-0.15, -0.1) is 0 Å². The van der Waals surface area contributed by atoms with Gasteiger partial charge in [0.25, 0.3) is 0 Å². The van der Waals surface area contributed by atoms with Crippen molar-refractivity contribution >= 4 is 12.0 Å². The molecule has 1 aromatic heterocycles. The van der Waals surface area contributed by atoms with Gasteiger partial charge in [0.05, 0.1) is 25.8 Å². The Morgan fingerprint density at radius 3 is 2.46 bits per heavy atom. The molecule has 0 saturated heterocycles. The van der Waals surface area contributed by atoms with Crippen molar-refractivity contribution in [1.82, 2.24) is 14.9 Å². The standard InChI is InChI=1S/C8H12N4O/c1-12(2)6-11-7-4-9-8(13-3)10-5-7/h4-6H,1-3H3. The molecule has 0 aromatic carbocycles. The first-order chi connectivity index (χ1) is 6.22. The summed E-state index contributed by atoms with van der Waals surface area (Å²) in [6, 6.07) is 0.351. The van der Waals surface area contributed by atoms with Gasteiger partial charge in [-0.05, 0) is 0 Å². The summed E-state index contributed by atoms with van der Waals surface area (Å²) < 4.78 is 4.81. The zero-order valence-electron chi connectivity index (χ0n) is 7.93. The smallest absolute Gasteiger partial charge is 0.316 e. The highest BCUT2D eigenvalue weighted by Crippen LogP contribution is 2.09. The molecule has 1 heterocycles. The lowest BCUT2D eigenvalue weighted by atomic mass is 10.5.